The fraction of sp³-hybridized carbons (Fsp3) is 0.286. The van der Waals surface area contributed by atoms with Gasteiger partial charge in [-0.2, -0.15) is 0 Å². The lowest BCUT2D eigenvalue weighted by Crippen LogP contribution is -2.29. The van der Waals surface area contributed by atoms with Crippen LogP contribution in [0.25, 0.3) is 0 Å². The molecule has 2 N–H and O–H groups in total. The number of nitrogens with one attached hydrogen (secondary N) is 1. The first-order valence-corrected chi connectivity index (χ1v) is 8.53. The molecule has 0 aromatic heterocycles. The van der Waals surface area contributed by atoms with E-state index in [-0.39, 0.29) is 6.04 Å². The summed E-state index contributed by atoms with van der Waals surface area (Å²) in [5, 5.41) is 12.9. The van der Waals surface area contributed by atoms with Crippen molar-refractivity contribution in [2.75, 3.05) is 12.4 Å². The van der Waals surface area contributed by atoms with Crippen molar-refractivity contribution >= 4 is 11.7 Å². The second-order valence-corrected chi connectivity index (χ2v) is 6.81. The molecule has 1 heterocycles. The van der Waals surface area contributed by atoms with E-state index in [0.717, 1.165) is 23.4 Å². The molecule has 4 rings (SSSR count). The normalized spacial score (nSPS) is 23.5. The minimum absolute atomic E-state index is 0.170. The summed E-state index contributed by atoms with van der Waals surface area (Å²) in [7, 11) is 1.69. The zero-order valence-electron chi connectivity index (χ0n) is 14.3. The van der Waals surface area contributed by atoms with Crippen LogP contribution < -0.4 is 10.1 Å². The molecule has 0 saturated heterocycles. The highest BCUT2D eigenvalue weighted by Crippen LogP contribution is 2.50. The lowest BCUT2D eigenvalue weighted by Gasteiger charge is -2.38. The molecule has 4 heteroatoms. The number of hydrogen-bond donors (Lipinski definition) is 2. The van der Waals surface area contributed by atoms with Gasteiger partial charge in [-0.15, -0.1) is 0 Å². The van der Waals surface area contributed by atoms with Gasteiger partial charge in [-0.1, -0.05) is 18.2 Å². The largest absolute Gasteiger partial charge is 0.497 e. The molecule has 1 aliphatic heterocycles. The highest BCUT2D eigenvalue weighted by atomic mass is 16.5. The Bertz CT molecular complexity index is 871. The first-order valence-electron chi connectivity index (χ1n) is 8.53. The van der Waals surface area contributed by atoms with Gasteiger partial charge in [0.05, 0.1) is 18.7 Å². The summed E-state index contributed by atoms with van der Waals surface area (Å²) in [5.74, 6) is 0.771. The van der Waals surface area contributed by atoms with Crippen molar-refractivity contribution < 1.29 is 14.6 Å². The molecule has 0 amide bonds. The standard InChI is InChI=1S/C21H21NO3/c1-12-10-13(21(23)24)6-8-15(12)20-17-5-3-4-16(17)18-11-14(25-2)7-9-19(18)22-20/h3-4,6-11,16-17,20,22H,5H2,1-2H3,(H,23,24). The summed E-state index contributed by atoms with van der Waals surface area (Å²) in [4.78, 5) is 11.2. The Labute approximate surface area is 147 Å². The molecule has 4 nitrogen and oxygen atoms in total. The molecule has 3 atom stereocenters. The van der Waals surface area contributed by atoms with Gasteiger partial charge in [-0.25, -0.2) is 4.79 Å². The van der Waals surface area contributed by atoms with E-state index in [0.29, 0.717) is 17.4 Å². The van der Waals surface area contributed by atoms with Crippen LogP contribution in [0.15, 0.2) is 48.6 Å². The third-order valence-corrected chi connectivity index (χ3v) is 5.42. The van der Waals surface area contributed by atoms with Gasteiger partial charge in [0.25, 0.3) is 0 Å². The van der Waals surface area contributed by atoms with Crippen molar-refractivity contribution in [1.82, 2.24) is 0 Å². The van der Waals surface area contributed by atoms with Crippen molar-refractivity contribution in [3.8, 4) is 5.75 Å². The molecule has 0 bridgehead atoms. The minimum Gasteiger partial charge on any atom is -0.497 e. The molecule has 0 fully saturated rings. The van der Waals surface area contributed by atoms with Crippen LogP contribution in [0.2, 0.25) is 0 Å². The molecule has 0 radical (unpaired) electrons. The van der Waals surface area contributed by atoms with Gasteiger partial charge in [0, 0.05) is 11.6 Å². The van der Waals surface area contributed by atoms with Gasteiger partial charge in [0.1, 0.15) is 5.75 Å². The number of aromatic carboxylic acids is 1. The van der Waals surface area contributed by atoms with E-state index in [1.807, 2.05) is 19.1 Å². The van der Waals surface area contributed by atoms with Gasteiger partial charge in [-0.05, 0) is 66.3 Å². The number of carboxylic acid groups (broad SMARTS) is 1. The number of benzene rings is 2. The fourth-order valence-electron chi connectivity index (χ4n) is 4.17. The van der Waals surface area contributed by atoms with E-state index in [1.54, 1.807) is 19.2 Å². The van der Waals surface area contributed by atoms with Crippen molar-refractivity contribution in [3.63, 3.8) is 0 Å². The molecule has 0 saturated carbocycles. The zero-order valence-corrected chi connectivity index (χ0v) is 14.3. The topological polar surface area (TPSA) is 58.6 Å². The molecule has 2 aromatic rings. The average molecular weight is 335 g/mol. The number of carboxylic acids is 1. The maximum atomic E-state index is 11.2. The van der Waals surface area contributed by atoms with Crippen LogP contribution in [-0.4, -0.2) is 18.2 Å². The quantitative estimate of drug-likeness (QED) is 0.809. The molecule has 0 spiro atoms. The molecule has 128 valence electrons. The van der Waals surface area contributed by atoms with Gasteiger partial charge >= 0.3 is 5.97 Å². The lowest BCUT2D eigenvalue weighted by molar-refractivity contribution is 0.0696. The molecule has 2 aliphatic rings. The predicted molar refractivity (Wildman–Crippen MR) is 97.5 cm³/mol. The Morgan fingerprint density at radius 1 is 1.20 bits per heavy atom. The van der Waals surface area contributed by atoms with E-state index in [9.17, 15) is 9.90 Å². The molecule has 3 unspecified atom stereocenters. The van der Waals surface area contributed by atoms with E-state index >= 15 is 0 Å². The number of methoxy groups -OCH3 is 1. The maximum Gasteiger partial charge on any atom is 0.335 e. The summed E-state index contributed by atoms with van der Waals surface area (Å²) in [6.45, 7) is 1.99. The first kappa shape index (κ1) is 15.8. The van der Waals surface area contributed by atoms with Gasteiger partial charge in [0.2, 0.25) is 0 Å². The number of hydrogen-bond acceptors (Lipinski definition) is 3. The summed E-state index contributed by atoms with van der Waals surface area (Å²) in [6, 6.07) is 11.8. The average Bonchev–Trinajstić information content (AvgIpc) is 3.10. The van der Waals surface area contributed by atoms with E-state index < -0.39 is 5.97 Å². The molecule has 25 heavy (non-hydrogen) atoms. The summed E-state index contributed by atoms with van der Waals surface area (Å²) < 4.78 is 5.39. The number of allylic oxidation sites excluding steroid dienone is 2. The van der Waals surface area contributed by atoms with Gasteiger partial charge in [-0.3, -0.25) is 0 Å². The van der Waals surface area contributed by atoms with Crippen LogP contribution in [0, 0.1) is 12.8 Å². The van der Waals surface area contributed by atoms with E-state index in [4.69, 9.17) is 4.74 Å². The second kappa shape index (κ2) is 5.96. The smallest absolute Gasteiger partial charge is 0.335 e. The minimum atomic E-state index is -0.885. The summed E-state index contributed by atoms with van der Waals surface area (Å²) in [5.41, 5.74) is 4.92. The lowest BCUT2D eigenvalue weighted by atomic mass is 9.76. The monoisotopic (exact) mass is 335 g/mol. The highest BCUT2D eigenvalue weighted by molar-refractivity contribution is 5.88. The Morgan fingerprint density at radius 2 is 2.04 bits per heavy atom. The third-order valence-electron chi connectivity index (χ3n) is 5.42. The van der Waals surface area contributed by atoms with Crippen molar-refractivity contribution in [2.24, 2.45) is 5.92 Å². The number of fused-ring (bicyclic) bond motifs is 3. The van der Waals surface area contributed by atoms with Crippen LogP contribution >= 0.6 is 0 Å². The van der Waals surface area contributed by atoms with Crippen LogP contribution in [0.1, 0.15) is 45.4 Å². The number of carbonyl (C=O) groups is 1. The Morgan fingerprint density at radius 3 is 2.76 bits per heavy atom. The second-order valence-electron chi connectivity index (χ2n) is 6.81. The van der Waals surface area contributed by atoms with Crippen LogP contribution in [0.5, 0.6) is 5.75 Å². The van der Waals surface area contributed by atoms with Crippen molar-refractivity contribution in [1.29, 1.82) is 0 Å². The van der Waals surface area contributed by atoms with Crippen molar-refractivity contribution in [2.45, 2.75) is 25.3 Å². The molecule has 2 aromatic carbocycles. The van der Waals surface area contributed by atoms with Crippen molar-refractivity contribution in [3.05, 3.63) is 70.8 Å². The van der Waals surface area contributed by atoms with Crippen LogP contribution in [-0.2, 0) is 0 Å². The predicted octanol–water partition coefficient (Wildman–Crippen LogP) is 4.53. The van der Waals surface area contributed by atoms with Crippen LogP contribution in [0.4, 0.5) is 5.69 Å². The number of anilines is 1. The van der Waals surface area contributed by atoms with Gasteiger partial charge < -0.3 is 15.2 Å². The highest BCUT2D eigenvalue weighted by Gasteiger charge is 2.38. The third kappa shape index (κ3) is 2.58. The number of rotatable bonds is 3. The zero-order chi connectivity index (χ0) is 17.6. The van der Waals surface area contributed by atoms with E-state index in [2.05, 4.69) is 29.6 Å². The Hall–Kier alpha value is -2.75. The first-order chi connectivity index (χ1) is 12.1. The SMILES string of the molecule is COc1ccc2c(c1)C1C=CCC1C(c1ccc(C(=O)O)cc1C)N2. The molecular formula is C21H21NO3. The number of aryl methyl sites for hydroxylation is 1. The molecule has 1 aliphatic carbocycles. The van der Waals surface area contributed by atoms with Crippen LogP contribution in [0.3, 0.4) is 0 Å². The van der Waals surface area contributed by atoms with E-state index in [1.165, 1.54) is 11.1 Å². The Balaban J connectivity index is 1.76. The summed E-state index contributed by atoms with van der Waals surface area (Å²) >= 11 is 0. The maximum absolute atomic E-state index is 11.2. The number of ether oxygens (including phenoxy) is 1. The Kier molecular flexibility index (Phi) is 3.75. The van der Waals surface area contributed by atoms with Gasteiger partial charge in [0.15, 0.2) is 0 Å². The molecular weight excluding hydrogens is 314 g/mol. The summed E-state index contributed by atoms with van der Waals surface area (Å²) in [6.07, 6.45) is 5.55. The fourth-order valence-corrected chi connectivity index (χ4v) is 4.17.